The van der Waals surface area contributed by atoms with E-state index in [2.05, 4.69) is 6.58 Å². The molecule has 3 heteroatoms. The molecule has 0 aromatic carbocycles. The lowest BCUT2D eigenvalue weighted by Crippen LogP contribution is -2.22. The number of rotatable bonds is 7. The van der Waals surface area contributed by atoms with Crippen LogP contribution in [0.25, 0.3) is 0 Å². The van der Waals surface area contributed by atoms with E-state index in [-0.39, 0.29) is 6.29 Å². The van der Waals surface area contributed by atoms with Crippen molar-refractivity contribution in [3.63, 3.8) is 0 Å². The minimum atomic E-state index is -0.313. The summed E-state index contributed by atoms with van der Waals surface area (Å²) in [5, 5.41) is 0. The Morgan fingerprint density at radius 1 is 1.33 bits per heavy atom. The quantitative estimate of drug-likeness (QED) is 0.436. The topological polar surface area (TPSA) is 27.7 Å². The van der Waals surface area contributed by atoms with Crippen LogP contribution in [0.4, 0.5) is 0 Å². The maximum Gasteiger partial charge on any atom is 0.222 e. The monoisotopic (exact) mass is 174 g/mol. The summed E-state index contributed by atoms with van der Waals surface area (Å²) in [4.78, 5) is 0. The molecular formula is C9H18O3. The third kappa shape index (κ3) is 6.19. The summed E-state index contributed by atoms with van der Waals surface area (Å²) in [6, 6.07) is 0. The van der Waals surface area contributed by atoms with Gasteiger partial charge in [0, 0.05) is 13.2 Å². The Bertz CT molecular complexity index is 123. The van der Waals surface area contributed by atoms with Crippen LogP contribution in [0.15, 0.2) is 12.3 Å². The molecule has 0 saturated heterocycles. The van der Waals surface area contributed by atoms with Crippen LogP contribution < -0.4 is 0 Å². The average molecular weight is 174 g/mol. The van der Waals surface area contributed by atoms with E-state index in [1.165, 1.54) is 0 Å². The van der Waals surface area contributed by atoms with Gasteiger partial charge in [0.25, 0.3) is 0 Å². The second-order valence-electron chi connectivity index (χ2n) is 2.36. The number of hydrogen-bond donors (Lipinski definition) is 0. The average Bonchev–Trinajstić information content (AvgIpc) is 2.00. The molecule has 1 unspecified atom stereocenters. The number of ether oxygens (including phenoxy) is 3. The van der Waals surface area contributed by atoms with Crippen molar-refractivity contribution in [2.24, 2.45) is 0 Å². The lowest BCUT2D eigenvalue weighted by atomic mass is 10.6. The van der Waals surface area contributed by atoms with Crippen molar-refractivity contribution in [1.82, 2.24) is 0 Å². The molecule has 0 rings (SSSR count). The summed E-state index contributed by atoms with van der Waals surface area (Å²) in [6.07, 6.45) is -0.313. The minimum absolute atomic E-state index is 0.313. The number of hydrogen-bond acceptors (Lipinski definition) is 3. The largest absolute Gasteiger partial charge is 0.468 e. The summed E-state index contributed by atoms with van der Waals surface area (Å²) in [5.74, 6) is 0.646. The van der Waals surface area contributed by atoms with Crippen LogP contribution in [0.1, 0.15) is 20.8 Å². The van der Waals surface area contributed by atoms with Gasteiger partial charge in [0.05, 0.1) is 5.76 Å². The van der Waals surface area contributed by atoms with E-state index in [1.807, 2.05) is 13.8 Å². The predicted molar refractivity (Wildman–Crippen MR) is 47.8 cm³/mol. The Hall–Kier alpha value is -0.540. The maximum atomic E-state index is 5.25. The van der Waals surface area contributed by atoms with Gasteiger partial charge >= 0.3 is 0 Å². The van der Waals surface area contributed by atoms with E-state index < -0.39 is 0 Å². The highest BCUT2D eigenvalue weighted by molar-refractivity contribution is 4.74. The molecule has 12 heavy (non-hydrogen) atoms. The maximum absolute atomic E-state index is 5.25. The first kappa shape index (κ1) is 11.5. The molecule has 0 radical (unpaired) electrons. The first-order chi connectivity index (χ1) is 5.70. The SMILES string of the molecule is C=C(C)OC(COCC)OCC. The summed E-state index contributed by atoms with van der Waals surface area (Å²) in [6.45, 7) is 11.0. The lowest BCUT2D eigenvalue weighted by Gasteiger charge is -2.18. The summed E-state index contributed by atoms with van der Waals surface area (Å²) >= 11 is 0. The van der Waals surface area contributed by atoms with E-state index in [4.69, 9.17) is 14.2 Å². The molecule has 1 atom stereocenters. The highest BCUT2D eigenvalue weighted by atomic mass is 16.7. The molecule has 0 amide bonds. The van der Waals surface area contributed by atoms with Crippen molar-refractivity contribution in [3.05, 3.63) is 12.3 Å². The zero-order valence-electron chi connectivity index (χ0n) is 8.13. The lowest BCUT2D eigenvalue weighted by molar-refractivity contribution is -0.146. The van der Waals surface area contributed by atoms with E-state index in [9.17, 15) is 0 Å². The second kappa shape index (κ2) is 7.13. The Labute approximate surface area is 74.3 Å². The highest BCUT2D eigenvalue weighted by Crippen LogP contribution is 2.02. The summed E-state index contributed by atoms with van der Waals surface area (Å²) < 4.78 is 15.7. The molecule has 0 aliphatic rings. The third-order valence-electron chi connectivity index (χ3n) is 1.14. The van der Waals surface area contributed by atoms with Crippen molar-refractivity contribution >= 4 is 0 Å². The fourth-order valence-corrected chi connectivity index (χ4v) is 0.741. The van der Waals surface area contributed by atoms with Crippen molar-refractivity contribution < 1.29 is 14.2 Å². The Morgan fingerprint density at radius 3 is 2.42 bits per heavy atom. The first-order valence-electron chi connectivity index (χ1n) is 4.22. The van der Waals surface area contributed by atoms with E-state index in [1.54, 1.807) is 6.92 Å². The molecule has 0 fully saturated rings. The van der Waals surface area contributed by atoms with Crippen LogP contribution in [-0.2, 0) is 14.2 Å². The van der Waals surface area contributed by atoms with E-state index in [0.717, 1.165) is 0 Å². The fourth-order valence-electron chi connectivity index (χ4n) is 0.741. The van der Waals surface area contributed by atoms with Crippen molar-refractivity contribution in [1.29, 1.82) is 0 Å². The highest BCUT2D eigenvalue weighted by Gasteiger charge is 2.08. The van der Waals surface area contributed by atoms with Crippen LogP contribution in [-0.4, -0.2) is 26.1 Å². The Morgan fingerprint density at radius 2 is 2.00 bits per heavy atom. The predicted octanol–water partition coefficient (Wildman–Crippen LogP) is 1.94. The molecule has 0 heterocycles. The minimum Gasteiger partial charge on any atom is -0.468 e. The Kier molecular flexibility index (Phi) is 6.81. The molecule has 0 saturated carbocycles. The van der Waals surface area contributed by atoms with Crippen molar-refractivity contribution in [2.45, 2.75) is 27.1 Å². The van der Waals surface area contributed by atoms with Gasteiger partial charge in [0.1, 0.15) is 6.61 Å². The van der Waals surface area contributed by atoms with E-state index in [0.29, 0.717) is 25.6 Å². The standard InChI is InChI=1S/C9H18O3/c1-5-10-7-9(11-6-2)12-8(3)4/h9H,3,5-7H2,1-2,4H3. The second-order valence-corrected chi connectivity index (χ2v) is 2.36. The van der Waals surface area contributed by atoms with Crippen LogP contribution in [0.5, 0.6) is 0 Å². The summed E-state index contributed by atoms with van der Waals surface area (Å²) in [5.41, 5.74) is 0. The molecule has 0 aliphatic heterocycles. The normalized spacial score (nSPS) is 12.6. The van der Waals surface area contributed by atoms with Gasteiger partial charge in [-0.15, -0.1) is 0 Å². The molecule has 0 N–H and O–H groups in total. The van der Waals surface area contributed by atoms with Crippen LogP contribution in [0.2, 0.25) is 0 Å². The van der Waals surface area contributed by atoms with Crippen LogP contribution >= 0.6 is 0 Å². The molecule has 0 aromatic heterocycles. The zero-order chi connectivity index (χ0) is 9.40. The van der Waals surface area contributed by atoms with Crippen molar-refractivity contribution in [2.75, 3.05) is 19.8 Å². The van der Waals surface area contributed by atoms with Gasteiger partial charge in [-0.05, 0) is 20.8 Å². The van der Waals surface area contributed by atoms with Gasteiger partial charge in [-0.1, -0.05) is 6.58 Å². The third-order valence-corrected chi connectivity index (χ3v) is 1.14. The molecule has 72 valence electrons. The smallest absolute Gasteiger partial charge is 0.222 e. The van der Waals surface area contributed by atoms with Gasteiger partial charge < -0.3 is 14.2 Å². The fraction of sp³-hybridized carbons (Fsp3) is 0.778. The van der Waals surface area contributed by atoms with Gasteiger partial charge in [-0.25, -0.2) is 0 Å². The van der Waals surface area contributed by atoms with Crippen LogP contribution in [0, 0.1) is 0 Å². The van der Waals surface area contributed by atoms with Crippen LogP contribution in [0.3, 0.4) is 0 Å². The van der Waals surface area contributed by atoms with Gasteiger partial charge in [0.2, 0.25) is 6.29 Å². The molecule has 0 aromatic rings. The molecule has 0 bridgehead atoms. The van der Waals surface area contributed by atoms with E-state index >= 15 is 0 Å². The zero-order valence-corrected chi connectivity index (χ0v) is 8.13. The summed E-state index contributed by atoms with van der Waals surface area (Å²) in [7, 11) is 0. The van der Waals surface area contributed by atoms with Gasteiger partial charge in [-0.2, -0.15) is 0 Å². The molecular weight excluding hydrogens is 156 g/mol. The number of allylic oxidation sites excluding steroid dienone is 1. The van der Waals surface area contributed by atoms with Gasteiger partial charge in [0.15, 0.2) is 0 Å². The molecule has 0 aliphatic carbocycles. The van der Waals surface area contributed by atoms with Crippen molar-refractivity contribution in [3.8, 4) is 0 Å². The Balaban J connectivity index is 3.61. The molecule has 0 spiro atoms. The first-order valence-corrected chi connectivity index (χ1v) is 4.22. The van der Waals surface area contributed by atoms with Gasteiger partial charge in [-0.3, -0.25) is 0 Å². The molecule has 3 nitrogen and oxygen atoms in total.